The van der Waals surface area contributed by atoms with E-state index in [1.165, 1.54) is 128 Å². The largest absolute Gasteiger partial charge is 0.674 e. The molecule has 0 atom stereocenters. The number of hydrogen-bond donors (Lipinski definition) is 0. The Morgan fingerprint density at radius 2 is 0.655 bits per heavy atom. The summed E-state index contributed by atoms with van der Waals surface area (Å²) in [7, 11) is 0. The minimum Gasteiger partial charge on any atom is -0.478 e. The first-order valence-corrected chi connectivity index (χ1v) is 15.3. The molecule has 3 heteroatoms. The van der Waals surface area contributed by atoms with Crippen LogP contribution in [0.3, 0.4) is 0 Å². The summed E-state index contributed by atoms with van der Waals surface area (Å²) in [6.07, 6.45) is 27.7. The summed E-state index contributed by atoms with van der Waals surface area (Å²) in [6, 6.07) is 0. The molecule has 2 nitrogen and oxygen atoms in total. The van der Waals surface area contributed by atoms with Crippen LogP contribution in [0, 0.1) is 0 Å². The first-order chi connectivity index (χ1) is 14.3. The molecule has 0 aromatic rings. The van der Waals surface area contributed by atoms with Gasteiger partial charge in [0, 0.05) is 13.2 Å². The van der Waals surface area contributed by atoms with Crippen molar-refractivity contribution in [2.45, 2.75) is 154 Å². The van der Waals surface area contributed by atoms with Gasteiger partial charge in [0.15, 0.2) is 0 Å². The minimum atomic E-state index is -1.38. The number of hydrogen-bond acceptors (Lipinski definition) is 2. The van der Waals surface area contributed by atoms with E-state index in [0.29, 0.717) is 0 Å². The Labute approximate surface area is 190 Å². The van der Waals surface area contributed by atoms with E-state index in [1.54, 1.807) is 0 Å². The van der Waals surface area contributed by atoms with Crippen molar-refractivity contribution in [1.29, 1.82) is 0 Å². The number of unbranched alkanes of at least 4 members (excludes halogenated alkanes) is 18. The molecule has 0 aliphatic carbocycles. The molecule has 29 heavy (non-hydrogen) atoms. The molecule has 0 aromatic heterocycles. The maximum absolute atomic E-state index is 6.07. The van der Waals surface area contributed by atoms with Crippen molar-refractivity contribution in [3.05, 3.63) is 0 Å². The second-order valence-corrected chi connectivity index (χ2v) is 11.3. The fraction of sp³-hybridized carbons (Fsp3) is 1.00. The molecule has 0 bridgehead atoms. The van der Waals surface area contributed by atoms with Crippen molar-refractivity contribution in [3.8, 4) is 0 Å². The molecule has 0 saturated heterocycles. The third-order valence-corrected chi connectivity index (χ3v) is 7.82. The normalized spacial score (nSPS) is 11.3. The van der Waals surface area contributed by atoms with Gasteiger partial charge in [0.2, 0.25) is 0 Å². The van der Waals surface area contributed by atoms with E-state index < -0.39 is 14.8 Å². The van der Waals surface area contributed by atoms with Gasteiger partial charge in [-0.2, -0.15) is 0 Å². The summed E-state index contributed by atoms with van der Waals surface area (Å²) in [6.45, 7) is 8.67. The molecule has 0 rings (SSSR count). The molecule has 0 amide bonds. The summed E-state index contributed by atoms with van der Waals surface area (Å²) in [4.78, 5) is 0. The van der Waals surface area contributed by atoms with Gasteiger partial charge in [0.05, 0.1) is 0 Å². The third-order valence-electron chi connectivity index (χ3n) is 5.94. The summed E-state index contributed by atoms with van der Waals surface area (Å²) in [5.74, 6) is 0. The van der Waals surface area contributed by atoms with Crippen LogP contribution in [0.1, 0.15) is 149 Å². The van der Waals surface area contributed by atoms with Crippen LogP contribution in [0.5, 0.6) is 0 Å². The van der Waals surface area contributed by atoms with Gasteiger partial charge in [-0.15, -0.1) is 0 Å². The lowest BCUT2D eigenvalue weighted by molar-refractivity contribution is 0.190. The second kappa shape index (κ2) is 26.5. The predicted octanol–water partition coefficient (Wildman–Crippen LogP) is 9.37. The fourth-order valence-electron chi connectivity index (χ4n) is 3.89. The van der Waals surface area contributed by atoms with E-state index in [0.717, 1.165) is 18.5 Å². The van der Waals surface area contributed by atoms with Gasteiger partial charge in [0.25, 0.3) is 0 Å². The van der Waals surface area contributed by atoms with Crippen molar-refractivity contribution in [2.24, 2.45) is 0 Å². The summed E-state index contributed by atoms with van der Waals surface area (Å²) < 4.78 is 12.1. The van der Waals surface area contributed by atoms with Crippen LogP contribution in [0.4, 0.5) is 0 Å². The van der Waals surface area contributed by atoms with E-state index in [4.69, 9.17) is 7.58 Å². The topological polar surface area (TPSA) is 18.5 Å². The zero-order chi connectivity index (χ0) is 21.3. The molecule has 0 N–H and O–H groups in total. The molecular weight excluding hydrogens is 371 g/mol. The van der Waals surface area contributed by atoms with Crippen LogP contribution in [-0.4, -0.2) is 28.0 Å². The Morgan fingerprint density at radius 1 is 0.379 bits per heavy atom. The molecule has 0 radical (unpaired) electrons. The Morgan fingerprint density at radius 3 is 0.931 bits per heavy atom. The third kappa shape index (κ3) is 24.6. The Hall–Kier alpha value is 0.452. The van der Waals surface area contributed by atoms with Crippen molar-refractivity contribution in [1.82, 2.24) is 0 Å². The highest BCUT2D eigenvalue weighted by molar-refractivity contribution is 6.44. The fourth-order valence-corrected chi connectivity index (χ4v) is 5.32. The van der Waals surface area contributed by atoms with Crippen molar-refractivity contribution >= 4 is 14.8 Å². The van der Waals surface area contributed by atoms with Gasteiger partial charge < -0.3 is 7.58 Å². The van der Waals surface area contributed by atoms with E-state index >= 15 is 0 Å². The van der Waals surface area contributed by atoms with Gasteiger partial charge in [-0.05, 0) is 18.1 Å². The van der Waals surface area contributed by atoms with Crippen LogP contribution in [0.25, 0.3) is 0 Å². The van der Waals surface area contributed by atoms with Crippen molar-refractivity contribution in [2.75, 3.05) is 13.2 Å². The van der Waals surface area contributed by atoms with Gasteiger partial charge in [-0.3, -0.25) is 0 Å². The van der Waals surface area contributed by atoms with E-state index in [9.17, 15) is 0 Å². The smallest absolute Gasteiger partial charge is 0.478 e. The summed E-state index contributed by atoms with van der Waals surface area (Å²) in [5, 5.41) is 1.11. The van der Waals surface area contributed by atoms with Gasteiger partial charge >= 0.3 is 14.8 Å². The maximum atomic E-state index is 6.07. The van der Waals surface area contributed by atoms with E-state index in [-0.39, 0.29) is 0 Å². The quantitative estimate of drug-likeness (QED) is 0.107. The zero-order valence-corrected chi connectivity index (χ0v) is 21.8. The highest BCUT2D eigenvalue weighted by Crippen LogP contribution is 2.12. The number of rotatable bonds is 25. The molecule has 0 saturated carbocycles. The first kappa shape index (κ1) is 29.5. The molecule has 0 aliphatic rings. The first-order valence-electron chi connectivity index (χ1n) is 13.6. The monoisotopic (exact) mass is 426 g/mol. The van der Waals surface area contributed by atoms with Crippen LogP contribution in [0.15, 0.2) is 0 Å². The van der Waals surface area contributed by atoms with Crippen LogP contribution in [0.2, 0.25) is 5.28 Å². The average Bonchev–Trinajstić information content (AvgIpc) is 2.74. The average molecular weight is 427 g/mol. The molecule has 0 fully saturated rings. The van der Waals surface area contributed by atoms with E-state index in [1.807, 2.05) is 0 Å². The van der Waals surface area contributed by atoms with Gasteiger partial charge in [0.1, 0.15) is 0 Å². The molecule has 174 valence electrons. The molecular formula is C26H55AlO2. The maximum Gasteiger partial charge on any atom is 0.674 e. The van der Waals surface area contributed by atoms with Crippen molar-refractivity contribution in [3.63, 3.8) is 0 Å². The summed E-state index contributed by atoms with van der Waals surface area (Å²) in [5.41, 5.74) is 0. The van der Waals surface area contributed by atoms with E-state index in [2.05, 4.69) is 20.8 Å². The summed E-state index contributed by atoms with van der Waals surface area (Å²) >= 11 is -1.38. The SMILES string of the molecule is CCCCCCCCCCCC[O][Al]([CH2]C)[O]CCCCCCCCCCCC. The molecule has 0 heterocycles. The Balaban J connectivity index is 3.27. The lowest BCUT2D eigenvalue weighted by atomic mass is 10.1. The standard InChI is InChI=1S/2C12H25O.C2H5.Al/c2*1-2-3-4-5-6-7-8-9-10-11-12-13;1-2;/h2*2-12H2,1H3;1H2,2H3;/q2*-1;;+2. The molecule has 0 aliphatic heterocycles. The lowest BCUT2D eigenvalue weighted by Gasteiger charge is -2.12. The predicted molar refractivity (Wildman–Crippen MR) is 132 cm³/mol. The Kier molecular flexibility index (Phi) is 26.9. The zero-order valence-electron chi connectivity index (χ0n) is 20.7. The van der Waals surface area contributed by atoms with Gasteiger partial charge in [-0.1, -0.05) is 136 Å². The molecule has 0 spiro atoms. The highest BCUT2D eigenvalue weighted by atomic mass is 27.2. The lowest BCUT2D eigenvalue weighted by Crippen LogP contribution is -2.23. The van der Waals surface area contributed by atoms with Crippen LogP contribution >= 0.6 is 0 Å². The van der Waals surface area contributed by atoms with Gasteiger partial charge in [-0.25, -0.2) is 0 Å². The molecule has 0 aromatic carbocycles. The van der Waals surface area contributed by atoms with Crippen LogP contribution in [-0.2, 0) is 7.58 Å². The van der Waals surface area contributed by atoms with Crippen molar-refractivity contribution < 1.29 is 7.58 Å². The highest BCUT2D eigenvalue weighted by Gasteiger charge is 2.21. The minimum absolute atomic E-state index is 0.930. The Bertz CT molecular complexity index is 260. The second-order valence-electron chi connectivity index (χ2n) is 8.94. The molecule has 0 unspecified atom stereocenters. The van der Waals surface area contributed by atoms with Crippen LogP contribution < -0.4 is 0 Å².